The zero-order valence-electron chi connectivity index (χ0n) is 26.9. The SMILES string of the molecule is CC1(C)c2ccccc2-c2ccc(-c3nc(-n4c5ccccc5c5c6c7ccccc7sc6c6ccccc6c54)nc4ncccc34)cc21. The van der Waals surface area contributed by atoms with Gasteiger partial charge >= 0.3 is 0 Å². The third-order valence-electron chi connectivity index (χ3n) is 10.7. The van der Waals surface area contributed by atoms with Crippen LogP contribution in [0.3, 0.4) is 0 Å². The normalized spacial score (nSPS) is 13.7. The van der Waals surface area contributed by atoms with E-state index in [1.54, 1.807) is 0 Å². The van der Waals surface area contributed by atoms with Gasteiger partial charge in [-0.2, -0.15) is 4.98 Å². The first-order valence-electron chi connectivity index (χ1n) is 16.7. The molecule has 1 aliphatic carbocycles. The Morgan fingerprint density at radius 2 is 1.31 bits per heavy atom. The van der Waals surface area contributed by atoms with Crippen molar-refractivity contribution in [3.05, 3.63) is 145 Å². The van der Waals surface area contributed by atoms with Crippen LogP contribution in [0, 0.1) is 0 Å². The van der Waals surface area contributed by atoms with Crippen LogP contribution in [0.2, 0.25) is 0 Å². The van der Waals surface area contributed by atoms with Crippen molar-refractivity contribution in [2.45, 2.75) is 19.3 Å². The molecule has 0 aliphatic heterocycles. The van der Waals surface area contributed by atoms with Gasteiger partial charge in [-0.15, -0.1) is 11.3 Å². The summed E-state index contributed by atoms with van der Waals surface area (Å²) in [4.78, 5) is 15.5. The molecule has 4 heterocycles. The van der Waals surface area contributed by atoms with Gasteiger partial charge in [0, 0.05) is 64.3 Å². The van der Waals surface area contributed by atoms with E-state index in [1.165, 1.54) is 64.0 Å². The Balaban J connectivity index is 1.27. The van der Waals surface area contributed by atoms with Gasteiger partial charge in [0.15, 0.2) is 5.65 Å². The lowest BCUT2D eigenvalue weighted by Gasteiger charge is -2.22. The summed E-state index contributed by atoms with van der Waals surface area (Å²) in [5, 5.41) is 8.39. The zero-order valence-corrected chi connectivity index (χ0v) is 27.7. The summed E-state index contributed by atoms with van der Waals surface area (Å²) in [5.74, 6) is 0.625. The molecule has 0 spiro atoms. The van der Waals surface area contributed by atoms with Gasteiger partial charge < -0.3 is 0 Å². The summed E-state index contributed by atoms with van der Waals surface area (Å²) in [5.41, 5.74) is 10.0. The van der Waals surface area contributed by atoms with Gasteiger partial charge in [-0.1, -0.05) is 111 Å². The van der Waals surface area contributed by atoms with Crippen LogP contribution in [0.15, 0.2) is 134 Å². The number of para-hydroxylation sites is 1. The molecular formula is C44H28N4S. The minimum Gasteiger partial charge on any atom is -0.277 e. The average molecular weight is 645 g/mol. The first-order valence-corrected chi connectivity index (χ1v) is 17.5. The number of nitrogens with zero attached hydrogens (tertiary/aromatic N) is 4. The predicted molar refractivity (Wildman–Crippen MR) is 205 cm³/mol. The molecule has 0 saturated carbocycles. The second-order valence-corrected chi connectivity index (χ2v) is 14.7. The van der Waals surface area contributed by atoms with Crippen molar-refractivity contribution >= 4 is 75.1 Å². The van der Waals surface area contributed by atoms with Crippen molar-refractivity contribution in [1.82, 2.24) is 19.5 Å². The maximum absolute atomic E-state index is 5.49. The van der Waals surface area contributed by atoms with E-state index in [4.69, 9.17) is 15.0 Å². The molecule has 5 heteroatoms. The minimum absolute atomic E-state index is 0.119. The highest BCUT2D eigenvalue weighted by Gasteiger charge is 2.35. The number of benzene rings is 6. The lowest BCUT2D eigenvalue weighted by molar-refractivity contribution is 0.660. The molecule has 0 N–H and O–H groups in total. The van der Waals surface area contributed by atoms with Gasteiger partial charge in [0.05, 0.1) is 16.7 Å². The van der Waals surface area contributed by atoms with Crippen LogP contribution in [0.4, 0.5) is 0 Å². The molecule has 10 aromatic rings. The Bertz CT molecular complexity index is 3040. The molecular weight excluding hydrogens is 617 g/mol. The summed E-state index contributed by atoms with van der Waals surface area (Å²) in [6.07, 6.45) is 1.83. The Morgan fingerprint density at radius 1 is 0.592 bits per heavy atom. The molecule has 11 rings (SSSR count). The number of hydrogen-bond donors (Lipinski definition) is 0. The van der Waals surface area contributed by atoms with E-state index in [-0.39, 0.29) is 5.41 Å². The molecule has 0 unspecified atom stereocenters. The van der Waals surface area contributed by atoms with Crippen LogP contribution in [0.1, 0.15) is 25.0 Å². The smallest absolute Gasteiger partial charge is 0.237 e. The number of fused-ring (bicyclic) bond motifs is 14. The third-order valence-corrected chi connectivity index (χ3v) is 11.9. The largest absolute Gasteiger partial charge is 0.277 e. The minimum atomic E-state index is -0.119. The molecule has 1 aliphatic rings. The van der Waals surface area contributed by atoms with E-state index in [0.717, 1.165) is 27.7 Å². The second-order valence-electron chi connectivity index (χ2n) is 13.6. The molecule has 49 heavy (non-hydrogen) atoms. The van der Waals surface area contributed by atoms with E-state index in [0.29, 0.717) is 11.6 Å². The second kappa shape index (κ2) is 9.59. The van der Waals surface area contributed by atoms with Gasteiger partial charge in [-0.05, 0) is 52.6 Å². The fourth-order valence-electron chi connectivity index (χ4n) is 8.45. The van der Waals surface area contributed by atoms with E-state index >= 15 is 0 Å². The van der Waals surface area contributed by atoms with Gasteiger partial charge in [0.2, 0.25) is 5.95 Å². The van der Waals surface area contributed by atoms with Crippen molar-refractivity contribution < 1.29 is 0 Å². The standard InChI is InChI=1S/C44H28N4S/c1-44(2)33-18-8-5-12-26(33)27-22-21-25(24-34(27)44)39-32-17-11-23-45-42(32)47-43(46-39)48-35-19-9-6-15-30(35)37-38-31-16-7-10-20-36(31)49-41(38)29-14-4-3-13-28(29)40(37)48/h3-24H,1-2H3. The quantitative estimate of drug-likeness (QED) is 0.188. The first-order chi connectivity index (χ1) is 24.1. The molecule has 4 nitrogen and oxygen atoms in total. The topological polar surface area (TPSA) is 43.6 Å². The van der Waals surface area contributed by atoms with E-state index in [9.17, 15) is 0 Å². The molecule has 0 saturated heterocycles. The number of pyridine rings is 1. The fraction of sp³-hybridized carbons (Fsp3) is 0.0682. The maximum Gasteiger partial charge on any atom is 0.237 e. The zero-order chi connectivity index (χ0) is 32.4. The predicted octanol–water partition coefficient (Wildman–Crippen LogP) is 11.6. The van der Waals surface area contributed by atoms with E-state index < -0.39 is 0 Å². The molecule has 0 amide bonds. The highest BCUT2D eigenvalue weighted by Crippen LogP contribution is 2.50. The van der Waals surface area contributed by atoms with Crippen LogP contribution >= 0.6 is 11.3 Å². The van der Waals surface area contributed by atoms with Crippen molar-refractivity contribution in [2.75, 3.05) is 0 Å². The lowest BCUT2D eigenvalue weighted by atomic mass is 9.82. The monoisotopic (exact) mass is 644 g/mol. The Hall–Kier alpha value is -5.91. The fourth-order valence-corrected chi connectivity index (χ4v) is 9.70. The summed E-state index contributed by atoms with van der Waals surface area (Å²) in [6, 6.07) is 46.0. The highest BCUT2D eigenvalue weighted by molar-refractivity contribution is 7.27. The highest BCUT2D eigenvalue weighted by atomic mass is 32.1. The Kier molecular flexibility index (Phi) is 5.30. The van der Waals surface area contributed by atoms with Gasteiger partial charge in [0.25, 0.3) is 0 Å². The van der Waals surface area contributed by atoms with Gasteiger partial charge in [-0.3, -0.25) is 4.57 Å². The number of hydrogen-bond acceptors (Lipinski definition) is 4. The molecule has 0 radical (unpaired) electrons. The van der Waals surface area contributed by atoms with Gasteiger partial charge in [0.1, 0.15) is 0 Å². The van der Waals surface area contributed by atoms with Crippen molar-refractivity contribution in [3.8, 4) is 28.3 Å². The Labute approximate surface area is 286 Å². The third kappa shape index (κ3) is 3.55. The molecule has 6 aromatic carbocycles. The summed E-state index contributed by atoms with van der Waals surface area (Å²) in [6.45, 7) is 4.65. The molecule has 0 atom stereocenters. The number of rotatable bonds is 2. The van der Waals surface area contributed by atoms with Crippen LogP contribution in [0.25, 0.3) is 92.1 Å². The van der Waals surface area contributed by atoms with Crippen LogP contribution < -0.4 is 0 Å². The van der Waals surface area contributed by atoms with E-state index in [2.05, 4.69) is 140 Å². The molecule has 4 aromatic heterocycles. The van der Waals surface area contributed by atoms with Crippen molar-refractivity contribution in [3.63, 3.8) is 0 Å². The number of aromatic nitrogens is 4. The summed E-state index contributed by atoms with van der Waals surface area (Å²) in [7, 11) is 0. The molecule has 0 bridgehead atoms. The van der Waals surface area contributed by atoms with Crippen molar-refractivity contribution in [1.29, 1.82) is 0 Å². The van der Waals surface area contributed by atoms with Crippen LogP contribution in [-0.4, -0.2) is 19.5 Å². The number of thiophene rings is 1. The molecule has 0 fully saturated rings. The lowest BCUT2D eigenvalue weighted by Crippen LogP contribution is -2.15. The van der Waals surface area contributed by atoms with E-state index in [1.807, 2.05) is 23.6 Å². The first kappa shape index (κ1) is 27.1. The van der Waals surface area contributed by atoms with Crippen LogP contribution in [-0.2, 0) is 5.41 Å². The summed E-state index contributed by atoms with van der Waals surface area (Å²) >= 11 is 1.88. The molecule has 230 valence electrons. The van der Waals surface area contributed by atoms with Gasteiger partial charge in [-0.25, -0.2) is 9.97 Å². The maximum atomic E-state index is 5.49. The Morgan fingerprint density at radius 3 is 2.20 bits per heavy atom. The summed E-state index contributed by atoms with van der Waals surface area (Å²) < 4.78 is 4.89. The van der Waals surface area contributed by atoms with Crippen molar-refractivity contribution in [2.24, 2.45) is 0 Å². The average Bonchev–Trinajstić information content (AvgIpc) is 3.77. The van der Waals surface area contributed by atoms with Crippen LogP contribution in [0.5, 0.6) is 0 Å².